The van der Waals surface area contributed by atoms with Gasteiger partial charge in [0.2, 0.25) is 5.91 Å². The van der Waals surface area contributed by atoms with E-state index in [4.69, 9.17) is 5.11 Å². The molecule has 1 unspecified atom stereocenters. The minimum atomic E-state index is -0.750. The molecule has 1 heterocycles. The number of amides is 1. The highest BCUT2D eigenvalue weighted by Crippen LogP contribution is 2.21. The summed E-state index contributed by atoms with van der Waals surface area (Å²) in [6.07, 6.45) is 4.32. The van der Waals surface area contributed by atoms with Crippen LogP contribution < -0.4 is 0 Å². The van der Waals surface area contributed by atoms with Gasteiger partial charge in [-0.15, -0.1) is 0 Å². The average molecular weight is 303 g/mol. The highest BCUT2D eigenvalue weighted by Gasteiger charge is 2.23. The van der Waals surface area contributed by atoms with E-state index in [1.54, 1.807) is 0 Å². The third-order valence-electron chi connectivity index (χ3n) is 4.42. The molecule has 4 heteroatoms. The Kier molecular flexibility index (Phi) is 5.99. The zero-order valence-corrected chi connectivity index (χ0v) is 13.3. The van der Waals surface area contributed by atoms with Crippen LogP contribution in [0.25, 0.3) is 0 Å². The second-order valence-electron chi connectivity index (χ2n) is 6.13. The summed E-state index contributed by atoms with van der Waals surface area (Å²) >= 11 is 0. The van der Waals surface area contributed by atoms with Gasteiger partial charge in [0.05, 0.1) is 6.42 Å². The number of nitrogens with zero attached hydrogens (tertiary/aromatic N) is 1. The highest BCUT2D eigenvalue weighted by molar-refractivity contribution is 5.78. The van der Waals surface area contributed by atoms with Gasteiger partial charge >= 0.3 is 5.97 Å². The molecule has 1 amide bonds. The van der Waals surface area contributed by atoms with Gasteiger partial charge in [-0.25, -0.2) is 0 Å². The molecule has 2 rings (SSSR count). The number of carboxylic acid groups (broad SMARTS) is 1. The maximum atomic E-state index is 12.4. The van der Waals surface area contributed by atoms with Crippen molar-refractivity contribution in [2.75, 3.05) is 13.1 Å². The monoisotopic (exact) mass is 303 g/mol. The number of hydrogen-bond donors (Lipinski definition) is 1. The third kappa shape index (κ3) is 4.86. The number of likely N-dealkylation sites (tertiary alicyclic amines) is 1. The lowest BCUT2D eigenvalue weighted by Gasteiger charge is -2.32. The Bertz CT molecular complexity index is 510. The van der Waals surface area contributed by atoms with Crippen LogP contribution in [0.2, 0.25) is 0 Å². The topological polar surface area (TPSA) is 57.6 Å². The lowest BCUT2D eigenvalue weighted by Crippen LogP contribution is -2.40. The zero-order chi connectivity index (χ0) is 15.9. The summed E-state index contributed by atoms with van der Waals surface area (Å²) in [5, 5.41) is 8.78. The van der Waals surface area contributed by atoms with Gasteiger partial charge in [-0.1, -0.05) is 31.2 Å². The van der Waals surface area contributed by atoms with Crippen LogP contribution in [-0.4, -0.2) is 35.0 Å². The van der Waals surface area contributed by atoms with E-state index in [9.17, 15) is 9.59 Å². The summed E-state index contributed by atoms with van der Waals surface area (Å²) in [5.74, 6) is -0.264. The molecule has 0 radical (unpaired) electrons. The Morgan fingerprint density at radius 2 is 1.91 bits per heavy atom. The van der Waals surface area contributed by atoms with Crippen molar-refractivity contribution in [2.45, 2.75) is 45.4 Å². The SMILES string of the molecule is CCc1ccc(CC(=O)N2CCCC(CCC(=O)O)C2)cc1. The van der Waals surface area contributed by atoms with Gasteiger partial charge in [0.15, 0.2) is 0 Å². The van der Waals surface area contributed by atoms with E-state index in [0.29, 0.717) is 25.3 Å². The molecule has 0 spiro atoms. The molecule has 0 bridgehead atoms. The quantitative estimate of drug-likeness (QED) is 0.879. The van der Waals surface area contributed by atoms with E-state index in [-0.39, 0.29) is 12.3 Å². The number of hydrogen-bond acceptors (Lipinski definition) is 2. The molecule has 1 aromatic carbocycles. The lowest BCUT2D eigenvalue weighted by molar-refractivity contribution is -0.137. The number of benzene rings is 1. The Balaban J connectivity index is 1.86. The molecule has 1 atom stereocenters. The predicted octanol–water partition coefficient (Wildman–Crippen LogP) is 2.89. The van der Waals surface area contributed by atoms with E-state index in [2.05, 4.69) is 19.1 Å². The van der Waals surface area contributed by atoms with Crippen molar-refractivity contribution in [3.63, 3.8) is 0 Å². The van der Waals surface area contributed by atoms with Crippen LogP contribution in [-0.2, 0) is 22.4 Å². The largest absolute Gasteiger partial charge is 0.481 e. The van der Waals surface area contributed by atoms with Crippen molar-refractivity contribution in [1.82, 2.24) is 4.90 Å². The van der Waals surface area contributed by atoms with Crippen LogP contribution in [0.1, 0.15) is 43.7 Å². The van der Waals surface area contributed by atoms with E-state index in [0.717, 1.165) is 31.4 Å². The van der Waals surface area contributed by atoms with Crippen molar-refractivity contribution in [3.8, 4) is 0 Å². The van der Waals surface area contributed by atoms with Crippen LogP contribution in [0.3, 0.4) is 0 Å². The molecule has 120 valence electrons. The third-order valence-corrected chi connectivity index (χ3v) is 4.42. The summed E-state index contributed by atoms with van der Waals surface area (Å²) in [4.78, 5) is 25.0. The Hall–Kier alpha value is -1.84. The molecule has 1 fully saturated rings. The van der Waals surface area contributed by atoms with Crippen molar-refractivity contribution < 1.29 is 14.7 Å². The number of rotatable bonds is 6. The van der Waals surface area contributed by atoms with Crippen LogP contribution in [0, 0.1) is 5.92 Å². The van der Waals surface area contributed by atoms with Crippen LogP contribution in [0.15, 0.2) is 24.3 Å². The molecular formula is C18H25NO3. The smallest absolute Gasteiger partial charge is 0.303 e. The number of piperidine rings is 1. The number of carboxylic acids is 1. The highest BCUT2D eigenvalue weighted by atomic mass is 16.4. The fourth-order valence-electron chi connectivity index (χ4n) is 3.03. The normalized spacial score (nSPS) is 18.2. The van der Waals surface area contributed by atoms with E-state index < -0.39 is 5.97 Å². The zero-order valence-electron chi connectivity index (χ0n) is 13.3. The fourth-order valence-corrected chi connectivity index (χ4v) is 3.03. The van der Waals surface area contributed by atoms with Crippen molar-refractivity contribution in [3.05, 3.63) is 35.4 Å². The van der Waals surface area contributed by atoms with Gasteiger partial charge in [-0.2, -0.15) is 0 Å². The molecule has 1 aliphatic rings. The minimum Gasteiger partial charge on any atom is -0.481 e. The molecular weight excluding hydrogens is 278 g/mol. The van der Waals surface area contributed by atoms with E-state index in [1.165, 1.54) is 5.56 Å². The minimum absolute atomic E-state index is 0.157. The first-order chi connectivity index (χ1) is 10.6. The van der Waals surface area contributed by atoms with Gasteiger partial charge in [0.25, 0.3) is 0 Å². The Labute approximate surface area is 132 Å². The van der Waals surface area contributed by atoms with Crippen molar-refractivity contribution in [2.24, 2.45) is 5.92 Å². The Morgan fingerprint density at radius 3 is 2.55 bits per heavy atom. The Morgan fingerprint density at radius 1 is 1.23 bits per heavy atom. The van der Waals surface area contributed by atoms with Gasteiger partial charge in [0, 0.05) is 19.5 Å². The standard InChI is InChI=1S/C18H25NO3/c1-2-14-5-7-15(8-6-14)12-17(20)19-11-3-4-16(13-19)9-10-18(21)22/h5-8,16H,2-4,9-13H2,1H3,(H,21,22). The maximum Gasteiger partial charge on any atom is 0.303 e. The average Bonchev–Trinajstić information content (AvgIpc) is 2.54. The first-order valence-corrected chi connectivity index (χ1v) is 8.16. The summed E-state index contributed by atoms with van der Waals surface area (Å²) in [6, 6.07) is 8.22. The molecule has 1 saturated heterocycles. The summed E-state index contributed by atoms with van der Waals surface area (Å²) < 4.78 is 0. The molecule has 0 aliphatic carbocycles. The summed E-state index contributed by atoms with van der Waals surface area (Å²) in [6.45, 7) is 3.62. The second kappa shape index (κ2) is 7.97. The molecule has 22 heavy (non-hydrogen) atoms. The van der Waals surface area contributed by atoms with Crippen molar-refractivity contribution >= 4 is 11.9 Å². The molecule has 0 aromatic heterocycles. The second-order valence-corrected chi connectivity index (χ2v) is 6.13. The first kappa shape index (κ1) is 16.5. The molecule has 1 aromatic rings. The van der Waals surface area contributed by atoms with Gasteiger partial charge in [-0.05, 0) is 42.7 Å². The molecule has 0 saturated carbocycles. The van der Waals surface area contributed by atoms with Crippen LogP contribution in [0.4, 0.5) is 0 Å². The number of aliphatic carboxylic acids is 1. The van der Waals surface area contributed by atoms with E-state index in [1.807, 2.05) is 17.0 Å². The van der Waals surface area contributed by atoms with E-state index >= 15 is 0 Å². The number of aryl methyl sites for hydroxylation is 1. The van der Waals surface area contributed by atoms with Crippen molar-refractivity contribution in [1.29, 1.82) is 0 Å². The van der Waals surface area contributed by atoms with Crippen LogP contribution >= 0.6 is 0 Å². The molecule has 1 N–H and O–H groups in total. The predicted molar refractivity (Wildman–Crippen MR) is 85.7 cm³/mol. The van der Waals surface area contributed by atoms with Gasteiger partial charge < -0.3 is 10.0 Å². The fraction of sp³-hybridized carbons (Fsp3) is 0.556. The maximum absolute atomic E-state index is 12.4. The van der Waals surface area contributed by atoms with Gasteiger partial charge in [-0.3, -0.25) is 9.59 Å². The van der Waals surface area contributed by atoms with Gasteiger partial charge in [0.1, 0.15) is 0 Å². The van der Waals surface area contributed by atoms with Crippen LogP contribution in [0.5, 0.6) is 0 Å². The first-order valence-electron chi connectivity index (χ1n) is 8.16. The molecule has 1 aliphatic heterocycles. The number of carbonyl (C=O) groups is 2. The number of carbonyl (C=O) groups excluding carboxylic acids is 1. The summed E-state index contributed by atoms with van der Waals surface area (Å²) in [5.41, 5.74) is 2.33. The summed E-state index contributed by atoms with van der Waals surface area (Å²) in [7, 11) is 0. The molecule has 4 nitrogen and oxygen atoms in total. The lowest BCUT2D eigenvalue weighted by atomic mass is 9.93.